The van der Waals surface area contributed by atoms with Gasteiger partial charge in [-0.2, -0.15) is 5.10 Å². The fraction of sp³-hybridized carbons (Fsp3) is 0.467. The Labute approximate surface area is 124 Å². The molecule has 2 N–H and O–H groups in total. The average molecular weight is 290 g/mol. The smallest absolute Gasteiger partial charge is 0.239 e. The third-order valence-corrected chi connectivity index (χ3v) is 3.52. The molecule has 2 rings (SSSR count). The van der Waals surface area contributed by atoms with Gasteiger partial charge in [0.25, 0.3) is 0 Å². The van der Waals surface area contributed by atoms with Gasteiger partial charge in [-0.05, 0) is 32.9 Å². The number of furan rings is 1. The highest BCUT2D eigenvalue weighted by atomic mass is 16.3. The van der Waals surface area contributed by atoms with E-state index in [0.29, 0.717) is 13.1 Å². The maximum Gasteiger partial charge on any atom is 0.239 e. The second-order valence-corrected chi connectivity index (χ2v) is 5.14. The van der Waals surface area contributed by atoms with Gasteiger partial charge in [0.2, 0.25) is 5.91 Å². The molecule has 1 atom stereocenters. The third-order valence-electron chi connectivity index (χ3n) is 3.52. The van der Waals surface area contributed by atoms with E-state index < -0.39 is 0 Å². The first kappa shape index (κ1) is 15.3. The number of carbonyl (C=O) groups is 1. The molecule has 114 valence electrons. The van der Waals surface area contributed by atoms with Crippen molar-refractivity contribution in [1.82, 2.24) is 20.4 Å². The van der Waals surface area contributed by atoms with Gasteiger partial charge in [0.15, 0.2) is 5.76 Å². The molecule has 2 aromatic rings. The van der Waals surface area contributed by atoms with Crippen LogP contribution in [0.5, 0.6) is 0 Å². The van der Waals surface area contributed by atoms with Crippen LogP contribution in [0.4, 0.5) is 0 Å². The molecule has 6 heteroatoms. The molecule has 0 aliphatic rings. The van der Waals surface area contributed by atoms with Gasteiger partial charge in [-0.1, -0.05) is 0 Å². The van der Waals surface area contributed by atoms with E-state index in [4.69, 9.17) is 4.42 Å². The maximum atomic E-state index is 12.0. The summed E-state index contributed by atoms with van der Waals surface area (Å²) < 4.78 is 5.60. The molecule has 2 heterocycles. The van der Waals surface area contributed by atoms with Crippen LogP contribution < -0.4 is 5.32 Å². The Hall–Kier alpha value is -2.08. The third kappa shape index (κ3) is 3.52. The van der Waals surface area contributed by atoms with E-state index in [1.807, 2.05) is 32.9 Å². The zero-order valence-electron chi connectivity index (χ0n) is 12.9. The molecule has 0 aromatic carbocycles. The van der Waals surface area contributed by atoms with E-state index in [-0.39, 0.29) is 11.9 Å². The molecular weight excluding hydrogens is 268 g/mol. The number of likely N-dealkylation sites (N-methyl/N-ethyl adjacent to an activating group) is 1. The van der Waals surface area contributed by atoms with Crippen LogP contribution in [-0.2, 0) is 11.3 Å². The van der Waals surface area contributed by atoms with E-state index in [2.05, 4.69) is 15.5 Å². The first-order valence-electron chi connectivity index (χ1n) is 7.10. The minimum Gasteiger partial charge on any atom is -0.460 e. The van der Waals surface area contributed by atoms with Gasteiger partial charge in [-0.25, -0.2) is 0 Å². The van der Waals surface area contributed by atoms with Crippen LogP contribution in [0.1, 0.15) is 25.2 Å². The predicted molar refractivity (Wildman–Crippen MR) is 80.6 cm³/mol. The van der Waals surface area contributed by atoms with E-state index in [1.165, 1.54) is 0 Å². The largest absolute Gasteiger partial charge is 0.460 e. The quantitative estimate of drug-likeness (QED) is 0.852. The molecule has 0 aliphatic carbocycles. The van der Waals surface area contributed by atoms with Crippen molar-refractivity contribution >= 4 is 5.91 Å². The second kappa shape index (κ2) is 6.58. The molecule has 1 amide bonds. The molecule has 6 nitrogen and oxygen atoms in total. The zero-order chi connectivity index (χ0) is 15.4. The van der Waals surface area contributed by atoms with Crippen LogP contribution in [-0.4, -0.2) is 40.6 Å². The average Bonchev–Trinajstić information content (AvgIpc) is 3.11. The normalized spacial score (nSPS) is 12.4. The Kier molecular flexibility index (Phi) is 4.80. The summed E-state index contributed by atoms with van der Waals surface area (Å²) in [5.41, 5.74) is 1.82. The number of H-pyrrole nitrogens is 1. The second-order valence-electron chi connectivity index (χ2n) is 5.14. The Morgan fingerprint density at radius 1 is 1.52 bits per heavy atom. The van der Waals surface area contributed by atoms with E-state index in [9.17, 15) is 4.79 Å². The summed E-state index contributed by atoms with van der Waals surface area (Å²) in [4.78, 5) is 13.7. The van der Waals surface area contributed by atoms with Crippen molar-refractivity contribution in [1.29, 1.82) is 0 Å². The minimum absolute atomic E-state index is 0.0800. The summed E-state index contributed by atoms with van der Waals surface area (Å²) in [7, 11) is 1.80. The van der Waals surface area contributed by atoms with Gasteiger partial charge in [0, 0.05) is 25.7 Å². The zero-order valence-corrected chi connectivity index (χ0v) is 12.9. The molecule has 0 bridgehead atoms. The van der Waals surface area contributed by atoms with Gasteiger partial charge in [0.05, 0.1) is 12.2 Å². The molecular formula is C15H22N4O2. The number of amides is 1. The highest BCUT2D eigenvalue weighted by molar-refractivity contribution is 5.81. The van der Waals surface area contributed by atoms with E-state index in [1.54, 1.807) is 18.1 Å². The summed E-state index contributed by atoms with van der Waals surface area (Å²) in [6.45, 7) is 6.98. The van der Waals surface area contributed by atoms with Crippen LogP contribution in [0, 0.1) is 6.92 Å². The van der Waals surface area contributed by atoms with E-state index >= 15 is 0 Å². The molecule has 0 saturated heterocycles. The fourth-order valence-corrected chi connectivity index (χ4v) is 2.06. The minimum atomic E-state index is -0.240. The summed E-state index contributed by atoms with van der Waals surface area (Å²) in [6.07, 6.45) is 1.75. The maximum absolute atomic E-state index is 12.0. The van der Waals surface area contributed by atoms with Crippen molar-refractivity contribution in [2.75, 3.05) is 13.6 Å². The van der Waals surface area contributed by atoms with Crippen molar-refractivity contribution in [2.45, 2.75) is 33.4 Å². The number of rotatable bonds is 6. The Morgan fingerprint density at radius 3 is 2.90 bits per heavy atom. The Bertz CT molecular complexity index is 602. The van der Waals surface area contributed by atoms with Crippen LogP contribution in [0.2, 0.25) is 0 Å². The standard InChI is InChI=1S/C15H22N4O2/c1-5-19(4)15(20)11(3)16-8-12-9-17-18-14(12)13-7-6-10(2)21-13/h6-7,9,11,16H,5,8H2,1-4H3,(H,17,18). The first-order chi connectivity index (χ1) is 10.0. The van der Waals surface area contributed by atoms with Crippen molar-refractivity contribution < 1.29 is 9.21 Å². The van der Waals surface area contributed by atoms with Crippen LogP contribution >= 0.6 is 0 Å². The summed E-state index contributed by atoms with van der Waals surface area (Å²) >= 11 is 0. The van der Waals surface area contributed by atoms with Gasteiger partial charge >= 0.3 is 0 Å². The monoisotopic (exact) mass is 290 g/mol. The molecule has 2 aromatic heterocycles. The lowest BCUT2D eigenvalue weighted by Crippen LogP contribution is -2.42. The highest BCUT2D eigenvalue weighted by Crippen LogP contribution is 2.23. The van der Waals surface area contributed by atoms with Gasteiger partial charge in [-0.3, -0.25) is 9.89 Å². The molecule has 0 saturated carbocycles. The number of aryl methyl sites for hydroxylation is 1. The van der Waals surface area contributed by atoms with Crippen molar-refractivity contribution in [2.24, 2.45) is 0 Å². The van der Waals surface area contributed by atoms with Gasteiger partial charge in [0.1, 0.15) is 11.5 Å². The number of hydrogen-bond donors (Lipinski definition) is 2. The van der Waals surface area contributed by atoms with Crippen molar-refractivity contribution in [3.05, 3.63) is 29.7 Å². The summed E-state index contributed by atoms with van der Waals surface area (Å²) in [6, 6.07) is 3.58. The molecule has 1 unspecified atom stereocenters. The van der Waals surface area contributed by atoms with Crippen LogP contribution in [0.3, 0.4) is 0 Å². The van der Waals surface area contributed by atoms with Crippen molar-refractivity contribution in [3.63, 3.8) is 0 Å². The Morgan fingerprint density at radius 2 is 2.29 bits per heavy atom. The molecule has 21 heavy (non-hydrogen) atoms. The lowest BCUT2D eigenvalue weighted by atomic mass is 10.2. The number of nitrogens with zero attached hydrogens (tertiary/aromatic N) is 2. The fourth-order valence-electron chi connectivity index (χ4n) is 2.06. The van der Waals surface area contributed by atoms with Gasteiger partial charge in [-0.15, -0.1) is 0 Å². The summed E-state index contributed by atoms with van der Waals surface area (Å²) in [5.74, 6) is 1.69. The van der Waals surface area contributed by atoms with E-state index in [0.717, 1.165) is 22.8 Å². The van der Waals surface area contributed by atoms with Gasteiger partial charge < -0.3 is 14.6 Å². The number of hydrogen-bond acceptors (Lipinski definition) is 4. The topological polar surface area (TPSA) is 74.2 Å². The molecule has 0 fully saturated rings. The summed E-state index contributed by atoms with van der Waals surface area (Å²) in [5, 5.41) is 10.2. The predicted octanol–water partition coefficient (Wildman–Crippen LogP) is 1.93. The number of nitrogens with one attached hydrogen (secondary N) is 2. The van der Waals surface area contributed by atoms with Crippen LogP contribution in [0.25, 0.3) is 11.5 Å². The SMILES string of the molecule is CCN(C)C(=O)C(C)NCc1cn[nH]c1-c1ccc(C)o1. The number of carbonyl (C=O) groups excluding carboxylic acids is 1. The Balaban J connectivity index is 2.02. The number of aromatic amines is 1. The van der Waals surface area contributed by atoms with Crippen LogP contribution in [0.15, 0.2) is 22.7 Å². The first-order valence-corrected chi connectivity index (χ1v) is 7.10. The lowest BCUT2D eigenvalue weighted by Gasteiger charge is -2.20. The lowest BCUT2D eigenvalue weighted by molar-refractivity contribution is -0.131. The molecule has 0 radical (unpaired) electrons. The highest BCUT2D eigenvalue weighted by Gasteiger charge is 2.17. The molecule has 0 aliphatic heterocycles. The van der Waals surface area contributed by atoms with Crippen molar-refractivity contribution in [3.8, 4) is 11.5 Å². The number of aromatic nitrogens is 2. The molecule has 0 spiro atoms.